The summed E-state index contributed by atoms with van der Waals surface area (Å²) in [4.78, 5) is 11.8. The Morgan fingerprint density at radius 1 is 1.40 bits per heavy atom. The average Bonchev–Trinajstić information content (AvgIpc) is 3.07. The number of para-hydroxylation sites is 1. The van der Waals surface area contributed by atoms with Crippen molar-refractivity contribution in [3.63, 3.8) is 0 Å². The minimum Gasteiger partial charge on any atom is -0.461 e. The van der Waals surface area contributed by atoms with Gasteiger partial charge in [-0.3, -0.25) is 4.79 Å². The second-order valence-electron chi connectivity index (χ2n) is 4.94. The molecule has 2 heterocycles. The Labute approximate surface area is 124 Å². The standard InChI is InChI=1S/C15H18N2O2.ClH/c18-15(13-5-3-8-16-13)17-9-7-12-10-11-4-1-2-6-14(11)19-12;/h1-2,4,6,10,13,16H,3,5,7-9H2,(H,17,18);1H. The van der Waals surface area contributed by atoms with Crippen molar-refractivity contribution in [1.29, 1.82) is 0 Å². The van der Waals surface area contributed by atoms with Crippen LogP contribution in [0.4, 0.5) is 0 Å². The lowest BCUT2D eigenvalue weighted by Crippen LogP contribution is -2.41. The lowest BCUT2D eigenvalue weighted by atomic mass is 10.2. The van der Waals surface area contributed by atoms with Gasteiger partial charge in [0.05, 0.1) is 6.04 Å². The van der Waals surface area contributed by atoms with Crippen LogP contribution < -0.4 is 10.6 Å². The molecule has 1 saturated heterocycles. The molecule has 20 heavy (non-hydrogen) atoms. The fraction of sp³-hybridized carbons (Fsp3) is 0.400. The first kappa shape index (κ1) is 14.9. The molecular formula is C15H19ClN2O2. The maximum Gasteiger partial charge on any atom is 0.237 e. The molecule has 3 rings (SSSR count). The number of amides is 1. The molecule has 0 saturated carbocycles. The Hall–Kier alpha value is -1.52. The highest BCUT2D eigenvalue weighted by atomic mass is 35.5. The van der Waals surface area contributed by atoms with Gasteiger partial charge in [0.2, 0.25) is 5.91 Å². The van der Waals surface area contributed by atoms with Crippen LogP contribution in [0.1, 0.15) is 18.6 Å². The predicted molar refractivity (Wildman–Crippen MR) is 81.2 cm³/mol. The summed E-state index contributed by atoms with van der Waals surface area (Å²) in [5.41, 5.74) is 0.904. The van der Waals surface area contributed by atoms with E-state index in [4.69, 9.17) is 4.42 Å². The fourth-order valence-corrected chi connectivity index (χ4v) is 2.50. The smallest absolute Gasteiger partial charge is 0.237 e. The van der Waals surface area contributed by atoms with E-state index in [1.807, 2.05) is 30.3 Å². The number of hydrogen-bond donors (Lipinski definition) is 2. The highest BCUT2D eigenvalue weighted by Gasteiger charge is 2.21. The van der Waals surface area contributed by atoms with E-state index in [-0.39, 0.29) is 24.4 Å². The number of carbonyl (C=O) groups excluding carboxylic acids is 1. The van der Waals surface area contributed by atoms with E-state index in [9.17, 15) is 4.79 Å². The monoisotopic (exact) mass is 294 g/mol. The maximum atomic E-state index is 11.8. The molecule has 0 radical (unpaired) electrons. The molecule has 1 aliphatic heterocycles. The van der Waals surface area contributed by atoms with Crippen LogP contribution in [-0.2, 0) is 11.2 Å². The van der Waals surface area contributed by atoms with E-state index in [0.29, 0.717) is 6.54 Å². The second-order valence-corrected chi connectivity index (χ2v) is 4.94. The zero-order chi connectivity index (χ0) is 13.1. The van der Waals surface area contributed by atoms with Gasteiger partial charge in [-0.25, -0.2) is 0 Å². The molecular weight excluding hydrogens is 276 g/mol. The van der Waals surface area contributed by atoms with E-state index in [2.05, 4.69) is 10.6 Å². The van der Waals surface area contributed by atoms with Crippen LogP contribution in [0.25, 0.3) is 11.0 Å². The number of furan rings is 1. The van der Waals surface area contributed by atoms with E-state index in [1.165, 1.54) is 0 Å². The third kappa shape index (κ3) is 3.32. The lowest BCUT2D eigenvalue weighted by molar-refractivity contribution is -0.122. The number of benzene rings is 1. The third-order valence-corrected chi connectivity index (χ3v) is 3.52. The first-order valence-corrected chi connectivity index (χ1v) is 6.81. The van der Waals surface area contributed by atoms with Crippen molar-refractivity contribution in [3.05, 3.63) is 36.1 Å². The van der Waals surface area contributed by atoms with Gasteiger partial charge in [-0.05, 0) is 31.5 Å². The van der Waals surface area contributed by atoms with Crippen molar-refractivity contribution < 1.29 is 9.21 Å². The largest absolute Gasteiger partial charge is 0.461 e. The van der Waals surface area contributed by atoms with Crippen molar-refractivity contribution in [1.82, 2.24) is 10.6 Å². The highest BCUT2D eigenvalue weighted by molar-refractivity contribution is 5.85. The third-order valence-electron chi connectivity index (χ3n) is 3.52. The van der Waals surface area contributed by atoms with Crippen molar-refractivity contribution in [2.75, 3.05) is 13.1 Å². The minimum atomic E-state index is -0.00401. The molecule has 4 nitrogen and oxygen atoms in total. The van der Waals surface area contributed by atoms with Gasteiger partial charge in [-0.1, -0.05) is 18.2 Å². The summed E-state index contributed by atoms with van der Waals surface area (Å²) in [6, 6.07) is 9.98. The lowest BCUT2D eigenvalue weighted by Gasteiger charge is -2.10. The summed E-state index contributed by atoms with van der Waals surface area (Å²) >= 11 is 0. The van der Waals surface area contributed by atoms with E-state index in [0.717, 1.165) is 42.5 Å². The van der Waals surface area contributed by atoms with E-state index < -0.39 is 0 Å². The number of rotatable bonds is 4. The zero-order valence-electron chi connectivity index (χ0n) is 11.2. The molecule has 1 atom stereocenters. The molecule has 0 aliphatic carbocycles. The van der Waals surface area contributed by atoms with Crippen molar-refractivity contribution in [3.8, 4) is 0 Å². The zero-order valence-corrected chi connectivity index (χ0v) is 12.0. The number of halogens is 1. The summed E-state index contributed by atoms with van der Waals surface area (Å²) in [7, 11) is 0. The van der Waals surface area contributed by atoms with E-state index >= 15 is 0 Å². The molecule has 1 fully saturated rings. The van der Waals surface area contributed by atoms with Gasteiger partial charge in [0.15, 0.2) is 0 Å². The summed E-state index contributed by atoms with van der Waals surface area (Å²) in [6.07, 6.45) is 2.76. The van der Waals surface area contributed by atoms with E-state index in [1.54, 1.807) is 0 Å². The summed E-state index contributed by atoms with van der Waals surface area (Å²) in [5.74, 6) is 1.02. The van der Waals surface area contributed by atoms with Crippen LogP contribution in [-0.4, -0.2) is 25.0 Å². The summed E-state index contributed by atoms with van der Waals surface area (Å²) in [6.45, 7) is 1.57. The Bertz CT molecular complexity index is 543. The van der Waals surface area contributed by atoms with Crippen LogP contribution in [0.5, 0.6) is 0 Å². The molecule has 2 aromatic rings. The first-order chi connectivity index (χ1) is 9.33. The number of hydrogen-bond acceptors (Lipinski definition) is 3. The van der Waals surface area contributed by atoms with Gasteiger partial charge >= 0.3 is 0 Å². The van der Waals surface area contributed by atoms with Gasteiger partial charge in [-0.15, -0.1) is 12.4 Å². The van der Waals surface area contributed by atoms with Gasteiger partial charge < -0.3 is 15.1 Å². The molecule has 1 unspecified atom stereocenters. The normalized spacial score (nSPS) is 17.9. The Kier molecular flexibility index (Phi) is 5.04. The predicted octanol–water partition coefficient (Wildman–Crippen LogP) is 2.27. The molecule has 0 bridgehead atoms. The Morgan fingerprint density at radius 3 is 3.00 bits per heavy atom. The Balaban J connectivity index is 0.00000147. The molecule has 1 amide bonds. The van der Waals surface area contributed by atoms with Crippen molar-refractivity contribution >= 4 is 29.3 Å². The van der Waals surface area contributed by atoms with Crippen molar-refractivity contribution in [2.24, 2.45) is 0 Å². The highest BCUT2D eigenvalue weighted by Crippen LogP contribution is 2.18. The minimum absolute atomic E-state index is 0. The summed E-state index contributed by atoms with van der Waals surface area (Å²) in [5, 5.41) is 7.26. The first-order valence-electron chi connectivity index (χ1n) is 6.81. The molecule has 0 spiro atoms. The second kappa shape index (κ2) is 6.77. The Morgan fingerprint density at radius 2 is 2.25 bits per heavy atom. The SMILES string of the molecule is Cl.O=C(NCCc1cc2ccccc2o1)C1CCCN1. The van der Waals surface area contributed by atoms with Crippen LogP contribution in [0.3, 0.4) is 0 Å². The van der Waals surface area contributed by atoms with Gasteiger partial charge in [0.1, 0.15) is 11.3 Å². The van der Waals surface area contributed by atoms with Gasteiger partial charge in [-0.2, -0.15) is 0 Å². The maximum absolute atomic E-state index is 11.8. The van der Waals surface area contributed by atoms with Crippen LogP contribution in [0.15, 0.2) is 34.7 Å². The fourth-order valence-electron chi connectivity index (χ4n) is 2.50. The average molecular weight is 295 g/mol. The molecule has 2 N–H and O–H groups in total. The van der Waals surface area contributed by atoms with Gasteiger partial charge in [0.25, 0.3) is 0 Å². The molecule has 1 aromatic carbocycles. The quantitative estimate of drug-likeness (QED) is 0.909. The van der Waals surface area contributed by atoms with Gasteiger partial charge in [0, 0.05) is 18.4 Å². The molecule has 1 aliphatic rings. The molecule has 108 valence electrons. The van der Waals surface area contributed by atoms with Crippen LogP contribution in [0.2, 0.25) is 0 Å². The number of nitrogens with one attached hydrogen (secondary N) is 2. The number of carbonyl (C=O) groups is 1. The van der Waals surface area contributed by atoms with Crippen LogP contribution >= 0.6 is 12.4 Å². The summed E-state index contributed by atoms with van der Waals surface area (Å²) < 4.78 is 5.71. The number of fused-ring (bicyclic) bond motifs is 1. The topological polar surface area (TPSA) is 54.3 Å². The van der Waals surface area contributed by atoms with Crippen molar-refractivity contribution in [2.45, 2.75) is 25.3 Å². The van der Waals surface area contributed by atoms with Crippen LogP contribution in [0, 0.1) is 0 Å². The molecule has 1 aromatic heterocycles. The molecule has 5 heteroatoms.